The van der Waals surface area contributed by atoms with E-state index in [1.54, 1.807) is 33.2 Å². The van der Waals surface area contributed by atoms with Crippen LogP contribution < -0.4 is 5.59 Å². The minimum Gasteiger partial charge on any atom is -0.422 e. The van der Waals surface area contributed by atoms with Gasteiger partial charge in [0.15, 0.2) is 0 Å². The molecule has 112 valence electrons. The molecule has 0 saturated carbocycles. The highest BCUT2D eigenvalue weighted by molar-refractivity contribution is 7.14. The summed E-state index contributed by atoms with van der Waals surface area (Å²) in [6, 6.07) is 9.74. The highest BCUT2D eigenvalue weighted by Gasteiger charge is 2.40. The first-order valence-corrected chi connectivity index (χ1v) is 7.67. The Kier molecular flexibility index (Phi) is 4.53. The standard InChI is InChI=1S/C15H20BNO3S/c1-14(2,18)15(3,4)20-16(19)13-12(21-10-17-13)11-8-6-5-7-9-11/h5-10,18-19H,1-4H3. The maximum absolute atomic E-state index is 10.4. The smallest absolute Gasteiger partial charge is 0.422 e. The Labute approximate surface area is 129 Å². The van der Waals surface area contributed by atoms with E-state index in [1.165, 1.54) is 11.3 Å². The maximum Gasteiger partial charge on any atom is 0.512 e. The average molecular weight is 305 g/mol. The van der Waals surface area contributed by atoms with Crippen LogP contribution >= 0.6 is 11.3 Å². The summed E-state index contributed by atoms with van der Waals surface area (Å²) < 4.78 is 5.66. The molecule has 2 N–H and O–H groups in total. The minimum absolute atomic E-state index is 0.475. The molecule has 0 radical (unpaired) electrons. The van der Waals surface area contributed by atoms with Gasteiger partial charge < -0.3 is 14.8 Å². The molecule has 1 aromatic carbocycles. The van der Waals surface area contributed by atoms with Gasteiger partial charge in [0.2, 0.25) is 0 Å². The second-order valence-corrected chi connectivity index (χ2v) is 6.83. The number of aromatic nitrogens is 1. The first kappa shape index (κ1) is 16.2. The molecule has 1 heterocycles. The number of aliphatic hydroxyl groups is 1. The number of hydrogen-bond donors (Lipinski definition) is 2. The molecule has 1 aromatic heterocycles. The van der Waals surface area contributed by atoms with Crippen LogP contribution in [0, 0.1) is 0 Å². The second-order valence-electron chi connectivity index (χ2n) is 5.97. The lowest BCUT2D eigenvalue weighted by Crippen LogP contribution is -2.53. The number of benzene rings is 1. The van der Waals surface area contributed by atoms with Crippen LogP contribution in [-0.2, 0) is 4.65 Å². The van der Waals surface area contributed by atoms with E-state index >= 15 is 0 Å². The van der Waals surface area contributed by atoms with Crippen molar-refractivity contribution in [3.8, 4) is 10.4 Å². The van der Waals surface area contributed by atoms with Crippen molar-refractivity contribution >= 4 is 24.0 Å². The summed E-state index contributed by atoms with van der Waals surface area (Å²) in [6.45, 7) is 6.79. The van der Waals surface area contributed by atoms with Crippen LogP contribution in [0.25, 0.3) is 10.4 Å². The molecule has 0 unspecified atom stereocenters. The molecule has 0 aliphatic carbocycles. The summed E-state index contributed by atoms with van der Waals surface area (Å²) in [7, 11) is -1.19. The van der Waals surface area contributed by atoms with Gasteiger partial charge in [-0.05, 0) is 33.3 Å². The quantitative estimate of drug-likeness (QED) is 0.830. The molecule has 0 spiro atoms. The van der Waals surface area contributed by atoms with Gasteiger partial charge in [0.05, 0.1) is 27.2 Å². The van der Waals surface area contributed by atoms with Crippen LogP contribution in [0.15, 0.2) is 35.8 Å². The normalized spacial score (nSPS) is 12.5. The van der Waals surface area contributed by atoms with E-state index in [0.29, 0.717) is 5.59 Å². The Bertz CT molecular complexity index is 592. The van der Waals surface area contributed by atoms with Crippen molar-refractivity contribution in [1.29, 1.82) is 0 Å². The summed E-state index contributed by atoms with van der Waals surface area (Å²) in [6.07, 6.45) is 0. The Morgan fingerprint density at radius 1 is 1.14 bits per heavy atom. The number of thiazole rings is 1. The van der Waals surface area contributed by atoms with Crippen molar-refractivity contribution in [2.75, 3.05) is 0 Å². The fraction of sp³-hybridized carbons (Fsp3) is 0.400. The van der Waals surface area contributed by atoms with Crippen molar-refractivity contribution in [2.45, 2.75) is 38.9 Å². The molecule has 0 bridgehead atoms. The van der Waals surface area contributed by atoms with Crippen molar-refractivity contribution in [3.05, 3.63) is 35.8 Å². The zero-order chi connectivity index (χ0) is 15.7. The highest BCUT2D eigenvalue weighted by atomic mass is 32.1. The lowest BCUT2D eigenvalue weighted by molar-refractivity contribution is -0.0983. The Morgan fingerprint density at radius 3 is 2.33 bits per heavy atom. The van der Waals surface area contributed by atoms with Crippen molar-refractivity contribution in [3.63, 3.8) is 0 Å². The van der Waals surface area contributed by atoms with Gasteiger partial charge in [-0.1, -0.05) is 30.3 Å². The van der Waals surface area contributed by atoms with Crippen LogP contribution in [0.3, 0.4) is 0 Å². The molecule has 21 heavy (non-hydrogen) atoms. The van der Waals surface area contributed by atoms with Gasteiger partial charge in [-0.3, -0.25) is 4.98 Å². The largest absolute Gasteiger partial charge is 0.512 e. The van der Waals surface area contributed by atoms with E-state index in [4.69, 9.17) is 4.65 Å². The van der Waals surface area contributed by atoms with E-state index in [0.717, 1.165) is 10.4 Å². The third-order valence-corrected chi connectivity index (χ3v) is 4.64. The third-order valence-electron chi connectivity index (χ3n) is 3.74. The van der Waals surface area contributed by atoms with E-state index in [9.17, 15) is 10.1 Å². The summed E-state index contributed by atoms with van der Waals surface area (Å²) in [5.41, 5.74) is 1.14. The summed E-state index contributed by atoms with van der Waals surface area (Å²) in [5.74, 6) is 0. The molecule has 2 rings (SSSR count). The average Bonchev–Trinajstić information content (AvgIpc) is 2.87. The first-order valence-electron chi connectivity index (χ1n) is 6.79. The third kappa shape index (κ3) is 3.52. The zero-order valence-corrected chi connectivity index (χ0v) is 13.5. The summed E-state index contributed by atoms with van der Waals surface area (Å²) in [4.78, 5) is 5.09. The van der Waals surface area contributed by atoms with Crippen LogP contribution in [0.2, 0.25) is 0 Å². The highest BCUT2D eigenvalue weighted by Crippen LogP contribution is 2.27. The van der Waals surface area contributed by atoms with Crippen LogP contribution in [0.4, 0.5) is 0 Å². The van der Waals surface area contributed by atoms with Gasteiger partial charge in [-0.15, -0.1) is 11.3 Å². The summed E-state index contributed by atoms with van der Waals surface area (Å²) in [5, 5.41) is 20.5. The molecule has 0 saturated heterocycles. The van der Waals surface area contributed by atoms with Gasteiger partial charge in [-0.2, -0.15) is 0 Å². The SMILES string of the molecule is CC(C)(O)C(C)(C)OB(O)c1ncsc1-c1ccccc1. The second kappa shape index (κ2) is 5.89. The van der Waals surface area contributed by atoms with Gasteiger partial charge in [0.1, 0.15) is 0 Å². The molecule has 0 aliphatic rings. The lowest BCUT2D eigenvalue weighted by Gasteiger charge is -2.38. The molecule has 0 amide bonds. The monoisotopic (exact) mass is 305 g/mol. The fourth-order valence-corrected chi connectivity index (χ4v) is 2.53. The van der Waals surface area contributed by atoms with Crippen LogP contribution in [-0.4, -0.2) is 33.4 Å². The maximum atomic E-state index is 10.4. The first-order chi connectivity index (χ1) is 9.72. The van der Waals surface area contributed by atoms with Crippen molar-refractivity contribution in [2.24, 2.45) is 0 Å². The Hall–Kier alpha value is -1.21. The molecule has 0 fully saturated rings. The predicted molar refractivity (Wildman–Crippen MR) is 86.6 cm³/mol. The minimum atomic E-state index is -1.19. The molecule has 4 nitrogen and oxygen atoms in total. The fourth-order valence-electron chi connectivity index (χ4n) is 1.72. The van der Waals surface area contributed by atoms with Gasteiger partial charge in [0, 0.05) is 0 Å². The topological polar surface area (TPSA) is 62.6 Å². The summed E-state index contributed by atoms with van der Waals surface area (Å²) >= 11 is 1.45. The Morgan fingerprint density at radius 2 is 1.76 bits per heavy atom. The number of nitrogens with zero attached hydrogens (tertiary/aromatic N) is 1. The molecule has 6 heteroatoms. The molecule has 0 aliphatic heterocycles. The van der Waals surface area contributed by atoms with Gasteiger partial charge in [-0.25, -0.2) is 0 Å². The van der Waals surface area contributed by atoms with E-state index in [1.807, 2.05) is 30.3 Å². The van der Waals surface area contributed by atoms with Crippen LogP contribution in [0.1, 0.15) is 27.7 Å². The van der Waals surface area contributed by atoms with E-state index in [2.05, 4.69) is 4.98 Å². The van der Waals surface area contributed by atoms with Crippen molar-refractivity contribution in [1.82, 2.24) is 4.98 Å². The van der Waals surface area contributed by atoms with E-state index in [-0.39, 0.29) is 0 Å². The van der Waals surface area contributed by atoms with Crippen molar-refractivity contribution < 1.29 is 14.8 Å². The van der Waals surface area contributed by atoms with Gasteiger partial charge in [0.25, 0.3) is 0 Å². The molecular weight excluding hydrogens is 285 g/mol. The Balaban J connectivity index is 2.26. The van der Waals surface area contributed by atoms with Gasteiger partial charge >= 0.3 is 7.12 Å². The molecular formula is C15H20BNO3S. The molecule has 2 aromatic rings. The number of hydrogen-bond acceptors (Lipinski definition) is 5. The zero-order valence-electron chi connectivity index (χ0n) is 12.7. The van der Waals surface area contributed by atoms with E-state index < -0.39 is 18.3 Å². The predicted octanol–water partition coefficient (Wildman–Crippen LogP) is 2.06. The lowest BCUT2D eigenvalue weighted by atomic mass is 9.79. The van der Waals surface area contributed by atoms with Crippen LogP contribution in [0.5, 0.6) is 0 Å². The number of rotatable bonds is 5. The molecule has 0 atom stereocenters.